The lowest BCUT2D eigenvalue weighted by atomic mass is 9.93. The van der Waals surface area contributed by atoms with E-state index in [1.54, 1.807) is 31.2 Å². The molecular formula is C29H38N2O6S. The molecule has 8 nitrogen and oxygen atoms in total. The van der Waals surface area contributed by atoms with Gasteiger partial charge in [-0.1, -0.05) is 31.2 Å². The topological polar surface area (TPSA) is 107 Å². The molecule has 0 unspecified atom stereocenters. The minimum absolute atomic E-state index is 0.117. The number of hydrogen-bond donors (Lipinski definition) is 2. The minimum Gasteiger partial charge on any atom is -0.487 e. The largest absolute Gasteiger partial charge is 0.487 e. The Bertz CT molecular complexity index is 1290. The van der Waals surface area contributed by atoms with Gasteiger partial charge in [0.05, 0.1) is 12.2 Å². The van der Waals surface area contributed by atoms with Gasteiger partial charge in [-0.25, -0.2) is 13.2 Å². The number of ether oxygens (including phenoxy) is 1. The Labute approximate surface area is 225 Å². The number of nitrogens with zero attached hydrogens (tertiary/aromatic N) is 2. The highest BCUT2D eigenvalue weighted by Gasteiger charge is 2.38. The fourth-order valence-electron chi connectivity index (χ4n) is 5.23. The maximum Gasteiger partial charge on any atom is 0.335 e. The van der Waals surface area contributed by atoms with E-state index in [-0.39, 0.29) is 35.6 Å². The number of carboxylic acid groups (broad SMARTS) is 1. The summed E-state index contributed by atoms with van der Waals surface area (Å²) in [6, 6.07) is 11.6. The summed E-state index contributed by atoms with van der Waals surface area (Å²) in [7, 11) is -1.95. The third-order valence-corrected chi connectivity index (χ3v) is 9.47. The van der Waals surface area contributed by atoms with E-state index in [2.05, 4.69) is 11.0 Å². The summed E-state index contributed by atoms with van der Waals surface area (Å²) in [5.74, 6) is -0.800. The summed E-state index contributed by atoms with van der Waals surface area (Å²) in [6.07, 6.45) is 6.13. The second-order valence-electron chi connectivity index (χ2n) is 10.6. The summed E-state index contributed by atoms with van der Waals surface area (Å²) in [4.78, 5) is 13.6. The molecule has 38 heavy (non-hydrogen) atoms. The number of aromatic carboxylic acids is 1. The molecule has 0 radical (unpaired) electrons. The fraction of sp³-hybridized carbons (Fsp3) is 0.483. The Balaban J connectivity index is 1.67. The number of hydrogen-bond acceptors (Lipinski definition) is 6. The van der Waals surface area contributed by atoms with Crippen molar-refractivity contribution in [3.8, 4) is 5.75 Å². The number of carbonyl (C=O) groups is 1. The summed E-state index contributed by atoms with van der Waals surface area (Å²) in [6.45, 7) is 4.63. The van der Waals surface area contributed by atoms with Gasteiger partial charge < -0.3 is 14.9 Å². The first-order valence-corrected chi connectivity index (χ1v) is 14.7. The van der Waals surface area contributed by atoms with Gasteiger partial charge in [-0.15, -0.1) is 0 Å². The normalized spacial score (nSPS) is 22.5. The second-order valence-corrected chi connectivity index (χ2v) is 12.4. The highest BCUT2D eigenvalue weighted by molar-refractivity contribution is 7.89. The molecule has 9 heteroatoms. The highest BCUT2D eigenvalue weighted by atomic mass is 32.2. The summed E-state index contributed by atoms with van der Waals surface area (Å²) in [5.41, 5.74) is 3.30. The van der Waals surface area contributed by atoms with Gasteiger partial charge >= 0.3 is 5.97 Å². The van der Waals surface area contributed by atoms with Crippen molar-refractivity contribution in [1.29, 1.82) is 0 Å². The number of carboxylic acids is 1. The Morgan fingerprint density at radius 2 is 2.00 bits per heavy atom. The minimum atomic E-state index is -3.89. The van der Waals surface area contributed by atoms with Crippen LogP contribution in [-0.4, -0.2) is 72.7 Å². The number of aliphatic hydroxyl groups is 1. The van der Waals surface area contributed by atoms with E-state index in [1.165, 1.54) is 9.88 Å². The summed E-state index contributed by atoms with van der Waals surface area (Å²) in [5, 5.41) is 19.2. The standard InChI is InChI=1S/C29H38N2O6S/c1-20-16-31(21(2)19-32)38(35,36)28-13-12-24(23-9-5-4-6-10-23)15-26(28)37-27(20)18-30(3)17-22-8-7-11-25(14-22)29(33)34/h7-9,11-15,20-21,27,32H,4-6,10,16-19H2,1-3H3,(H,33,34)/t20-,21+,27+/m1/s1. The number of allylic oxidation sites excluding steroid dienone is 2. The summed E-state index contributed by atoms with van der Waals surface area (Å²) >= 11 is 0. The van der Waals surface area contributed by atoms with Crippen molar-refractivity contribution in [2.45, 2.75) is 63.1 Å². The number of fused-ring (bicyclic) bond motifs is 1. The molecule has 0 aromatic heterocycles. The molecule has 0 saturated carbocycles. The van der Waals surface area contributed by atoms with E-state index < -0.39 is 22.0 Å². The Kier molecular flexibility index (Phi) is 8.92. The van der Waals surface area contributed by atoms with Crippen LogP contribution in [0.15, 0.2) is 53.4 Å². The predicted octanol–water partition coefficient (Wildman–Crippen LogP) is 4.24. The van der Waals surface area contributed by atoms with Gasteiger partial charge in [0.15, 0.2) is 0 Å². The molecule has 2 N–H and O–H groups in total. The average molecular weight is 543 g/mol. The zero-order chi connectivity index (χ0) is 27.4. The van der Waals surface area contributed by atoms with E-state index >= 15 is 0 Å². The Morgan fingerprint density at radius 1 is 1.21 bits per heavy atom. The van der Waals surface area contributed by atoms with Crippen molar-refractivity contribution in [2.75, 3.05) is 26.7 Å². The van der Waals surface area contributed by atoms with Crippen molar-refractivity contribution in [2.24, 2.45) is 5.92 Å². The quantitative estimate of drug-likeness (QED) is 0.514. The number of sulfonamides is 1. The van der Waals surface area contributed by atoms with Crippen molar-refractivity contribution in [3.63, 3.8) is 0 Å². The maximum absolute atomic E-state index is 13.7. The van der Waals surface area contributed by atoms with Gasteiger partial charge in [-0.3, -0.25) is 4.90 Å². The number of aliphatic hydroxyl groups excluding tert-OH is 1. The van der Waals surface area contributed by atoms with Crippen LogP contribution in [0.2, 0.25) is 0 Å². The SMILES string of the molecule is C[C@@H]1CN([C@@H](C)CO)S(=O)(=O)c2ccc(C3=CCCCC3)cc2O[C@H]1CN(C)Cc1cccc(C(=O)O)c1. The highest BCUT2D eigenvalue weighted by Crippen LogP contribution is 2.37. The lowest BCUT2D eigenvalue weighted by molar-refractivity contribution is 0.0693. The van der Waals surface area contributed by atoms with Crippen LogP contribution >= 0.6 is 0 Å². The van der Waals surface area contributed by atoms with Crippen LogP contribution < -0.4 is 4.74 Å². The molecule has 0 bridgehead atoms. The average Bonchev–Trinajstić information content (AvgIpc) is 2.90. The van der Waals surface area contributed by atoms with Gasteiger partial charge in [0.1, 0.15) is 16.7 Å². The molecule has 0 amide bonds. The van der Waals surface area contributed by atoms with Crippen LogP contribution in [0.4, 0.5) is 0 Å². The lowest BCUT2D eigenvalue weighted by Crippen LogP contribution is -2.49. The monoisotopic (exact) mass is 542 g/mol. The van der Waals surface area contributed by atoms with Crippen molar-refractivity contribution in [3.05, 3.63) is 65.2 Å². The van der Waals surface area contributed by atoms with Crippen molar-refractivity contribution in [1.82, 2.24) is 9.21 Å². The van der Waals surface area contributed by atoms with Gasteiger partial charge in [0, 0.05) is 31.6 Å². The number of benzene rings is 2. The molecule has 0 fully saturated rings. The molecule has 1 aliphatic heterocycles. The molecule has 4 rings (SSSR count). The molecule has 3 atom stereocenters. The molecule has 2 aromatic carbocycles. The molecule has 2 aromatic rings. The zero-order valence-electron chi connectivity index (χ0n) is 22.3. The third kappa shape index (κ3) is 6.29. The van der Waals surface area contributed by atoms with Gasteiger partial charge in [-0.05, 0) is 80.6 Å². The summed E-state index contributed by atoms with van der Waals surface area (Å²) < 4.78 is 35.4. The Hall–Kier alpha value is -2.72. The van der Waals surface area contributed by atoms with Crippen molar-refractivity contribution < 1.29 is 28.2 Å². The number of likely N-dealkylation sites (N-methyl/N-ethyl adjacent to an activating group) is 1. The van der Waals surface area contributed by atoms with Crippen molar-refractivity contribution >= 4 is 21.6 Å². The lowest BCUT2D eigenvalue weighted by Gasteiger charge is -2.37. The van der Waals surface area contributed by atoms with E-state index in [9.17, 15) is 23.4 Å². The fourth-order valence-corrected chi connectivity index (χ4v) is 7.06. The van der Waals surface area contributed by atoms with E-state index in [0.717, 1.165) is 36.8 Å². The van der Waals surface area contributed by atoms with Gasteiger partial charge in [0.25, 0.3) is 0 Å². The van der Waals surface area contributed by atoms with E-state index in [4.69, 9.17) is 4.74 Å². The maximum atomic E-state index is 13.7. The number of rotatable bonds is 8. The van der Waals surface area contributed by atoms with Crippen LogP contribution in [0.3, 0.4) is 0 Å². The molecule has 1 heterocycles. The second kappa shape index (κ2) is 12.0. The first-order chi connectivity index (χ1) is 18.1. The van der Waals surface area contributed by atoms with Crippen LogP contribution in [0.1, 0.15) is 61.0 Å². The zero-order valence-corrected chi connectivity index (χ0v) is 23.2. The van der Waals surface area contributed by atoms with Crippen LogP contribution in [0.5, 0.6) is 5.75 Å². The van der Waals surface area contributed by atoms with Gasteiger partial charge in [0.2, 0.25) is 10.0 Å². The molecule has 2 aliphatic rings. The first kappa shape index (κ1) is 28.3. The van der Waals surface area contributed by atoms with E-state index in [0.29, 0.717) is 18.8 Å². The predicted molar refractivity (Wildman–Crippen MR) is 147 cm³/mol. The third-order valence-electron chi connectivity index (χ3n) is 7.45. The van der Waals surface area contributed by atoms with Crippen LogP contribution in [0.25, 0.3) is 5.57 Å². The Morgan fingerprint density at radius 3 is 2.68 bits per heavy atom. The molecule has 0 saturated heterocycles. The first-order valence-electron chi connectivity index (χ1n) is 13.2. The molecular weight excluding hydrogens is 504 g/mol. The van der Waals surface area contributed by atoms with Gasteiger partial charge in [-0.2, -0.15) is 4.31 Å². The van der Waals surface area contributed by atoms with Crippen LogP contribution in [-0.2, 0) is 16.6 Å². The molecule has 0 spiro atoms. The van der Waals surface area contributed by atoms with E-state index in [1.807, 2.05) is 32.2 Å². The molecule has 206 valence electrons. The van der Waals surface area contributed by atoms with Crippen LogP contribution in [0, 0.1) is 5.92 Å². The molecule has 1 aliphatic carbocycles. The smallest absolute Gasteiger partial charge is 0.335 e.